The standard InChI is InChI=1S/C25H35N5O3S/c1-3-20-8-5-6-10-22(20)27-24(32)18-29-11-13-30(14-12-29)25(33)19-28(4-2)17-23(31)26-16-21-9-7-15-34-21/h5-10,15H,3-4,11-14,16-19H2,1-2H3,(H,26,31)(H,27,32). The highest BCUT2D eigenvalue weighted by molar-refractivity contribution is 7.09. The van der Waals surface area contributed by atoms with Crippen molar-refractivity contribution in [1.29, 1.82) is 0 Å². The van der Waals surface area contributed by atoms with Crippen molar-refractivity contribution in [1.82, 2.24) is 20.0 Å². The van der Waals surface area contributed by atoms with Crippen LogP contribution in [-0.4, -0.2) is 84.8 Å². The number of thiophene rings is 1. The van der Waals surface area contributed by atoms with E-state index in [1.54, 1.807) is 11.3 Å². The average molecular weight is 486 g/mol. The number of hydrogen-bond donors (Lipinski definition) is 2. The summed E-state index contributed by atoms with van der Waals surface area (Å²) >= 11 is 1.61. The van der Waals surface area contributed by atoms with Crippen molar-refractivity contribution in [3.63, 3.8) is 0 Å². The van der Waals surface area contributed by atoms with Crippen molar-refractivity contribution in [2.75, 3.05) is 57.7 Å². The first-order valence-electron chi connectivity index (χ1n) is 11.9. The lowest BCUT2D eigenvalue weighted by Crippen LogP contribution is -2.53. The van der Waals surface area contributed by atoms with Gasteiger partial charge in [0.1, 0.15) is 0 Å². The van der Waals surface area contributed by atoms with Crippen LogP contribution in [0.3, 0.4) is 0 Å². The lowest BCUT2D eigenvalue weighted by atomic mass is 10.1. The molecule has 0 unspecified atom stereocenters. The maximum atomic E-state index is 12.8. The minimum Gasteiger partial charge on any atom is -0.350 e. The Morgan fingerprint density at radius 2 is 1.74 bits per heavy atom. The first kappa shape index (κ1) is 25.9. The fourth-order valence-corrected chi connectivity index (χ4v) is 4.57. The third-order valence-electron chi connectivity index (χ3n) is 5.98. The normalized spacial score (nSPS) is 14.3. The molecule has 1 aliphatic rings. The molecular formula is C25H35N5O3S. The van der Waals surface area contributed by atoms with Gasteiger partial charge in [-0.2, -0.15) is 0 Å². The van der Waals surface area contributed by atoms with Crippen LogP contribution in [0.15, 0.2) is 41.8 Å². The Balaban J connectivity index is 1.38. The molecule has 3 rings (SSSR count). The molecule has 1 fully saturated rings. The summed E-state index contributed by atoms with van der Waals surface area (Å²) in [5.41, 5.74) is 1.98. The predicted molar refractivity (Wildman–Crippen MR) is 136 cm³/mol. The second kappa shape index (κ2) is 13.2. The van der Waals surface area contributed by atoms with Crippen LogP contribution in [0.25, 0.3) is 0 Å². The fraction of sp³-hybridized carbons (Fsp3) is 0.480. The second-order valence-corrected chi connectivity index (χ2v) is 9.41. The molecule has 9 heteroatoms. The Bertz CT molecular complexity index is 942. The number of nitrogens with one attached hydrogen (secondary N) is 2. The highest BCUT2D eigenvalue weighted by atomic mass is 32.1. The van der Waals surface area contributed by atoms with Crippen molar-refractivity contribution in [3.8, 4) is 0 Å². The highest BCUT2D eigenvalue weighted by Gasteiger charge is 2.24. The molecule has 0 radical (unpaired) electrons. The van der Waals surface area contributed by atoms with Gasteiger partial charge in [-0.25, -0.2) is 0 Å². The van der Waals surface area contributed by atoms with E-state index in [2.05, 4.69) is 22.5 Å². The largest absolute Gasteiger partial charge is 0.350 e. The number of carbonyl (C=O) groups is 3. The van der Waals surface area contributed by atoms with E-state index in [1.807, 2.05) is 58.5 Å². The molecule has 0 atom stereocenters. The van der Waals surface area contributed by atoms with Gasteiger partial charge >= 0.3 is 0 Å². The summed E-state index contributed by atoms with van der Waals surface area (Å²) < 4.78 is 0. The monoisotopic (exact) mass is 485 g/mol. The summed E-state index contributed by atoms with van der Waals surface area (Å²) in [4.78, 5) is 44.4. The van der Waals surface area contributed by atoms with Crippen molar-refractivity contribution in [3.05, 3.63) is 52.2 Å². The first-order valence-corrected chi connectivity index (χ1v) is 12.8. The first-order chi connectivity index (χ1) is 16.5. The molecule has 0 saturated carbocycles. The minimum absolute atomic E-state index is 0.0221. The van der Waals surface area contributed by atoms with Crippen LogP contribution < -0.4 is 10.6 Å². The van der Waals surface area contributed by atoms with Gasteiger partial charge in [-0.05, 0) is 36.0 Å². The van der Waals surface area contributed by atoms with Gasteiger partial charge < -0.3 is 15.5 Å². The maximum Gasteiger partial charge on any atom is 0.238 e. The molecule has 0 spiro atoms. The molecule has 2 aromatic rings. The van der Waals surface area contributed by atoms with Gasteiger partial charge in [-0.3, -0.25) is 24.2 Å². The van der Waals surface area contributed by atoms with E-state index >= 15 is 0 Å². The molecule has 0 aliphatic carbocycles. The van der Waals surface area contributed by atoms with E-state index < -0.39 is 0 Å². The van der Waals surface area contributed by atoms with Crippen molar-refractivity contribution < 1.29 is 14.4 Å². The number of nitrogens with zero attached hydrogens (tertiary/aromatic N) is 3. The van der Waals surface area contributed by atoms with Crippen molar-refractivity contribution >= 4 is 34.7 Å². The van der Waals surface area contributed by atoms with Gasteiger partial charge in [-0.1, -0.05) is 38.1 Å². The van der Waals surface area contributed by atoms with E-state index in [9.17, 15) is 14.4 Å². The number of aryl methyl sites for hydroxylation is 1. The summed E-state index contributed by atoms with van der Waals surface area (Å²) in [5, 5.41) is 7.90. The number of piperazine rings is 1. The van der Waals surface area contributed by atoms with Crippen LogP contribution in [0.5, 0.6) is 0 Å². The zero-order valence-corrected chi connectivity index (χ0v) is 20.9. The number of amides is 3. The average Bonchev–Trinajstić information content (AvgIpc) is 3.37. The van der Waals surface area contributed by atoms with Gasteiger partial charge in [0.05, 0.1) is 26.2 Å². The topological polar surface area (TPSA) is 85.0 Å². The molecule has 8 nitrogen and oxygen atoms in total. The third kappa shape index (κ3) is 7.93. The number of benzene rings is 1. The molecule has 1 aromatic heterocycles. The van der Waals surface area contributed by atoms with Gasteiger partial charge in [0.25, 0.3) is 0 Å². The highest BCUT2D eigenvalue weighted by Crippen LogP contribution is 2.15. The number of anilines is 1. The molecular weight excluding hydrogens is 450 g/mol. The number of para-hydroxylation sites is 1. The molecule has 1 saturated heterocycles. The zero-order valence-electron chi connectivity index (χ0n) is 20.1. The van der Waals surface area contributed by atoms with E-state index in [-0.39, 0.29) is 30.8 Å². The van der Waals surface area contributed by atoms with Gasteiger partial charge in [0.15, 0.2) is 0 Å². The minimum atomic E-state index is -0.0801. The molecule has 2 N–H and O–H groups in total. The van der Waals surface area contributed by atoms with Crippen LogP contribution in [0.4, 0.5) is 5.69 Å². The van der Waals surface area contributed by atoms with Crippen molar-refractivity contribution in [2.45, 2.75) is 26.8 Å². The molecule has 0 bridgehead atoms. The third-order valence-corrected chi connectivity index (χ3v) is 6.85. The van der Waals surface area contributed by atoms with E-state index in [0.29, 0.717) is 45.8 Å². The van der Waals surface area contributed by atoms with Crippen LogP contribution in [-0.2, 0) is 27.3 Å². The zero-order chi connectivity index (χ0) is 24.3. The summed E-state index contributed by atoms with van der Waals surface area (Å²) in [6, 6.07) is 11.8. The quantitative estimate of drug-likeness (QED) is 0.509. The fourth-order valence-electron chi connectivity index (χ4n) is 3.93. The van der Waals surface area contributed by atoms with Crippen LogP contribution >= 0.6 is 11.3 Å². The van der Waals surface area contributed by atoms with Gasteiger partial charge in [0.2, 0.25) is 17.7 Å². The Kier molecular flexibility index (Phi) is 10.1. The maximum absolute atomic E-state index is 12.8. The predicted octanol–water partition coefficient (Wildman–Crippen LogP) is 2.03. The number of carbonyl (C=O) groups excluding carboxylic acids is 3. The molecule has 3 amide bonds. The Morgan fingerprint density at radius 1 is 0.971 bits per heavy atom. The number of rotatable bonds is 11. The van der Waals surface area contributed by atoms with Crippen LogP contribution in [0.2, 0.25) is 0 Å². The Labute approximate surface area is 205 Å². The van der Waals surface area contributed by atoms with E-state index in [4.69, 9.17) is 0 Å². The number of hydrogen-bond acceptors (Lipinski definition) is 6. The lowest BCUT2D eigenvalue weighted by Gasteiger charge is -2.35. The van der Waals surface area contributed by atoms with Crippen molar-refractivity contribution in [2.24, 2.45) is 0 Å². The SMILES string of the molecule is CCc1ccccc1NC(=O)CN1CCN(C(=O)CN(CC)CC(=O)NCc2cccs2)CC1. The summed E-state index contributed by atoms with van der Waals surface area (Å²) in [5.74, 6) is -0.0937. The van der Waals surface area contributed by atoms with Crippen LogP contribution in [0, 0.1) is 0 Å². The lowest BCUT2D eigenvalue weighted by molar-refractivity contribution is -0.134. The Hall–Kier alpha value is -2.75. The molecule has 184 valence electrons. The molecule has 1 aromatic carbocycles. The number of likely N-dealkylation sites (N-methyl/N-ethyl adjacent to an activating group) is 1. The molecule has 34 heavy (non-hydrogen) atoms. The smallest absolute Gasteiger partial charge is 0.238 e. The molecule has 1 aliphatic heterocycles. The van der Waals surface area contributed by atoms with E-state index in [1.165, 1.54) is 0 Å². The van der Waals surface area contributed by atoms with Gasteiger partial charge in [-0.15, -0.1) is 11.3 Å². The molecule has 2 heterocycles. The summed E-state index contributed by atoms with van der Waals surface area (Å²) in [6.07, 6.45) is 0.863. The van der Waals surface area contributed by atoms with Crippen LogP contribution in [0.1, 0.15) is 24.3 Å². The second-order valence-electron chi connectivity index (χ2n) is 8.38. The van der Waals surface area contributed by atoms with Gasteiger partial charge in [0, 0.05) is 36.7 Å². The Morgan fingerprint density at radius 3 is 2.41 bits per heavy atom. The summed E-state index contributed by atoms with van der Waals surface area (Å²) in [7, 11) is 0. The summed E-state index contributed by atoms with van der Waals surface area (Å²) in [6.45, 7) is 8.37. The van der Waals surface area contributed by atoms with E-state index in [0.717, 1.165) is 22.5 Å².